The van der Waals surface area contributed by atoms with Crippen molar-refractivity contribution < 1.29 is 28.5 Å². The molecule has 0 atom stereocenters. The van der Waals surface area contributed by atoms with Crippen molar-refractivity contribution in [2.75, 3.05) is 46.2 Å². The highest BCUT2D eigenvalue weighted by Gasteiger charge is 2.28. The molecule has 39 heavy (non-hydrogen) atoms. The van der Waals surface area contributed by atoms with E-state index in [2.05, 4.69) is 36.5 Å². The number of unbranched alkanes of at least 4 members (excludes halogenated alkanes) is 6. The first-order valence-corrected chi connectivity index (χ1v) is 14.6. The molecule has 1 N–H and O–H groups in total. The normalized spacial score (nSPS) is 12.1. The van der Waals surface area contributed by atoms with Gasteiger partial charge in [0.15, 0.2) is 0 Å². The second-order valence-electron chi connectivity index (χ2n) is 9.92. The van der Waals surface area contributed by atoms with Crippen LogP contribution in [0.15, 0.2) is 48.5 Å². The summed E-state index contributed by atoms with van der Waals surface area (Å²) in [5.74, 6) is -0.0904. The topological polar surface area (TPSA) is 83.1 Å². The van der Waals surface area contributed by atoms with Crippen LogP contribution in [0.2, 0.25) is 0 Å². The number of alkyl carbamates (subject to hydrolysis) is 1. The van der Waals surface area contributed by atoms with Crippen LogP contribution in [0.25, 0.3) is 11.1 Å². The lowest BCUT2D eigenvalue weighted by Crippen LogP contribution is -2.27. The molecule has 0 radical (unpaired) electrons. The van der Waals surface area contributed by atoms with E-state index in [1.165, 1.54) is 54.4 Å². The number of hydrogen-bond acceptors (Lipinski definition) is 6. The lowest BCUT2D eigenvalue weighted by molar-refractivity contribution is -0.145. The Morgan fingerprint density at radius 1 is 0.692 bits per heavy atom. The van der Waals surface area contributed by atoms with Gasteiger partial charge in [-0.1, -0.05) is 94.0 Å². The van der Waals surface area contributed by atoms with Gasteiger partial charge in [0.2, 0.25) is 0 Å². The summed E-state index contributed by atoms with van der Waals surface area (Å²) in [7, 11) is 0. The van der Waals surface area contributed by atoms with Crippen molar-refractivity contribution in [1.82, 2.24) is 5.32 Å². The molecule has 0 bridgehead atoms. The molecule has 0 saturated carbocycles. The van der Waals surface area contributed by atoms with Crippen molar-refractivity contribution in [3.05, 3.63) is 59.7 Å². The zero-order chi connectivity index (χ0) is 27.5. The molecule has 1 amide bonds. The van der Waals surface area contributed by atoms with Crippen molar-refractivity contribution in [1.29, 1.82) is 0 Å². The van der Waals surface area contributed by atoms with E-state index in [9.17, 15) is 9.59 Å². The van der Waals surface area contributed by atoms with Gasteiger partial charge in [-0.2, -0.15) is 0 Å². The Morgan fingerprint density at radius 3 is 1.97 bits per heavy atom. The summed E-state index contributed by atoms with van der Waals surface area (Å²) in [6.07, 6.45) is 9.04. The molecule has 0 heterocycles. The number of esters is 1. The van der Waals surface area contributed by atoms with Gasteiger partial charge in [-0.15, -0.1) is 0 Å². The largest absolute Gasteiger partial charge is 0.463 e. The molecule has 0 spiro atoms. The number of nitrogens with one attached hydrogen (secondary N) is 1. The predicted octanol–water partition coefficient (Wildman–Crippen LogP) is 6.63. The predicted molar refractivity (Wildman–Crippen MR) is 153 cm³/mol. The number of carbonyl (C=O) groups is 2. The van der Waals surface area contributed by atoms with E-state index in [1.54, 1.807) is 0 Å². The summed E-state index contributed by atoms with van der Waals surface area (Å²) < 4.78 is 21.7. The van der Waals surface area contributed by atoms with E-state index in [1.807, 2.05) is 24.3 Å². The van der Waals surface area contributed by atoms with Crippen LogP contribution in [0, 0.1) is 0 Å². The minimum atomic E-state index is -0.415. The van der Waals surface area contributed by atoms with Gasteiger partial charge in [0.1, 0.15) is 13.2 Å². The fourth-order valence-corrected chi connectivity index (χ4v) is 4.85. The average Bonchev–Trinajstić information content (AvgIpc) is 3.28. The van der Waals surface area contributed by atoms with Gasteiger partial charge in [-0.3, -0.25) is 4.79 Å². The molecule has 7 heteroatoms. The summed E-state index contributed by atoms with van der Waals surface area (Å²) in [5, 5.41) is 2.79. The van der Waals surface area contributed by atoms with E-state index in [-0.39, 0.29) is 18.5 Å². The van der Waals surface area contributed by atoms with Crippen LogP contribution >= 0.6 is 0 Å². The maximum Gasteiger partial charge on any atom is 0.407 e. The van der Waals surface area contributed by atoms with Gasteiger partial charge in [0.25, 0.3) is 0 Å². The van der Waals surface area contributed by atoms with Crippen molar-refractivity contribution in [3.8, 4) is 11.1 Å². The Morgan fingerprint density at radius 2 is 1.28 bits per heavy atom. The number of hydrogen-bond donors (Lipinski definition) is 1. The van der Waals surface area contributed by atoms with Gasteiger partial charge in [0, 0.05) is 25.5 Å². The molecule has 3 rings (SSSR count). The van der Waals surface area contributed by atoms with Gasteiger partial charge in [0.05, 0.1) is 19.8 Å². The van der Waals surface area contributed by atoms with Crippen LogP contribution in [0.5, 0.6) is 0 Å². The Hall–Kier alpha value is -2.90. The molecule has 1 aliphatic rings. The van der Waals surface area contributed by atoms with Crippen molar-refractivity contribution in [2.24, 2.45) is 0 Å². The van der Waals surface area contributed by atoms with E-state index in [4.69, 9.17) is 18.9 Å². The first kappa shape index (κ1) is 30.6. The lowest BCUT2D eigenvalue weighted by Gasteiger charge is -2.14. The second kappa shape index (κ2) is 18.4. The highest BCUT2D eigenvalue weighted by molar-refractivity contribution is 5.79. The molecule has 0 saturated heterocycles. The van der Waals surface area contributed by atoms with Crippen LogP contribution in [-0.4, -0.2) is 58.2 Å². The molecule has 0 aliphatic heterocycles. The van der Waals surface area contributed by atoms with Crippen LogP contribution in [0.3, 0.4) is 0 Å². The zero-order valence-corrected chi connectivity index (χ0v) is 23.5. The number of fused-ring (bicyclic) bond motifs is 3. The molecular weight excluding hydrogens is 494 g/mol. The summed E-state index contributed by atoms with van der Waals surface area (Å²) in [6, 6.07) is 16.6. The highest BCUT2D eigenvalue weighted by Crippen LogP contribution is 2.44. The van der Waals surface area contributed by atoms with Crippen LogP contribution in [0.4, 0.5) is 4.79 Å². The molecule has 0 fully saturated rings. The third-order valence-electron chi connectivity index (χ3n) is 6.93. The van der Waals surface area contributed by atoms with Gasteiger partial charge < -0.3 is 24.3 Å². The zero-order valence-electron chi connectivity index (χ0n) is 23.5. The molecule has 1 aliphatic carbocycles. The number of ether oxygens (including phenoxy) is 4. The summed E-state index contributed by atoms with van der Waals surface area (Å²) in [6.45, 7) is 5.06. The molecular formula is C32H45NO6. The smallest absolute Gasteiger partial charge is 0.407 e. The van der Waals surface area contributed by atoms with E-state index >= 15 is 0 Å². The fourth-order valence-electron chi connectivity index (χ4n) is 4.85. The average molecular weight is 540 g/mol. The third-order valence-corrected chi connectivity index (χ3v) is 6.93. The Labute approximate surface area is 233 Å². The lowest BCUT2D eigenvalue weighted by atomic mass is 9.98. The standard InChI is InChI=1S/C32H45NO6/c1-2-3-4-5-6-7-8-18-31(34)38-24-23-37-22-21-36-20-13-19-33-32(35)39-25-30-28-16-11-9-14-26(28)27-15-10-12-17-29(27)30/h9-12,14-17,30H,2-8,13,18-25H2,1H3,(H,33,35). The first-order chi connectivity index (χ1) is 19.2. The molecule has 0 unspecified atom stereocenters. The van der Waals surface area contributed by atoms with Crippen molar-refractivity contribution >= 4 is 12.1 Å². The SMILES string of the molecule is CCCCCCCCCC(=O)OCCOCCOCCCNC(=O)OCC1c2ccccc2-c2ccccc21. The van der Waals surface area contributed by atoms with Crippen molar-refractivity contribution in [3.63, 3.8) is 0 Å². The summed E-state index contributed by atoms with van der Waals surface area (Å²) in [5.41, 5.74) is 4.82. The molecule has 2 aromatic rings. The monoisotopic (exact) mass is 539 g/mol. The van der Waals surface area contributed by atoms with Gasteiger partial charge in [-0.05, 0) is 35.1 Å². The summed E-state index contributed by atoms with van der Waals surface area (Å²) >= 11 is 0. The quantitative estimate of drug-likeness (QED) is 0.150. The maximum absolute atomic E-state index is 12.2. The maximum atomic E-state index is 12.2. The molecule has 7 nitrogen and oxygen atoms in total. The number of rotatable bonds is 20. The Kier molecular flexibility index (Phi) is 14.5. The van der Waals surface area contributed by atoms with Gasteiger partial charge >= 0.3 is 12.1 Å². The number of benzene rings is 2. The van der Waals surface area contributed by atoms with Gasteiger partial charge in [-0.25, -0.2) is 4.79 Å². The van der Waals surface area contributed by atoms with E-state index in [0.29, 0.717) is 52.4 Å². The Bertz CT molecular complexity index is 949. The molecule has 2 aromatic carbocycles. The number of amides is 1. The second-order valence-corrected chi connectivity index (χ2v) is 9.92. The molecule has 0 aromatic heterocycles. The van der Waals surface area contributed by atoms with Crippen molar-refractivity contribution in [2.45, 2.75) is 70.6 Å². The fraction of sp³-hybridized carbons (Fsp3) is 0.562. The van der Waals surface area contributed by atoms with Crippen LogP contribution in [-0.2, 0) is 23.7 Å². The minimum Gasteiger partial charge on any atom is -0.463 e. The minimum absolute atomic E-state index is 0.0557. The highest BCUT2D eigenvalue weighted by atomic mass is 16.6. The Balaban J connectivity index is 1.12. The van der Waals surface area contributed by atoms with Crippen LogP contribution in [0.1, 0.15) is 81.8 Å². The molecule has 214 valence electrons. The van der Waals surface area contributed by atoms with E-state index < -0.39 is 6.09 Å². The first-order valence-electron chi connectivity index (χ1n) is 14.6. The third kappa shape index (κ3) is 11.0. The van der Waals surface area contributed by atoms with Crippen LogP contribution < -0.4 is 5.32 Å². The van der Waals surface area contributed by atoms with E-state index in [0.717, 1.165) is 12.8 Å². The summed E-state index contributed by atoms with van der Waals surface area (Å²) in [4.78, 5) is 23.9. The number of carbonyl (C=O) groups excluding carboxylic acids is 2.